The summed E-state index contributed by atoms with van der Waals surface area (Å²) in [5.41, 5.74) is 3.47. The third-order valence-electron chi connectivity index (χ3n) is 3.98. The van der Waals surface area contributed by atoms with E-state index in [1.807, 2.05) is 0 Å². The average Bonchev–Trinajstić information content (AvgIpc) is 2.49. The molecule has 0 radical (unpaired) electrons. The van der Waals surface area contributed by atoms with Gasteiger partial charge in [0.2, 0.25) is 0 Å². The van der Waals surface area contributed by atoms with Gasteiger partial charge in [-0.05, 0) is 43.3 Å². The maximum absolute atomic E-state index is 6.73. The van der Waals surface area contributed by atoms with Crippen molar-refractivity contribution in [2.24, 2.45) is 0 Å². The lowest BCUT2D eigenvalue weighted by atomic mass is 9.93. The van der Waals surface area contributed by atoms with Gasteiger partial charge in [0, 0.05) is 5.66 Å². The Kier molecular flexibility index (Phi) is 4.21. The Labute approximate surface area is 121 Å². The third kappa shape index (κ3) is 3.02. The van der Waals surface area contributed by atoms with Crippen molar-refractivity contribution in [3.63, 3.8) is 0 Å². The molecule has 98 valence electrons. The van der Waals surface area contributed by atoms with E-state index in [0.29, 0.717) is 11.6 Å². The Morgan fingerprint density at radius 3 is 1.95 bits per heavy atom. The van der Waals surface area contributed by atoms with Crippen LogP contribution in [-0.2, 0) is 0 Å². The molecule has 1 unspecified atom stereocenters. The van der Waals surface area contributed by atoms with Gasteiger partial charge in [0.15, 0.2) is 0 Å². The number of hydrogen-bond acceptors (Lipinski definition) is 0. The van der Waals surface area contributed by atoms with Crippen LogP contribution in [0.1, 0.15) is 35.5 Å². The molecule has 0 saturated carbocycles. The molecular weight excluding hydrogens is 271 g/mol. The fourth-order valence-electron chi connectivity index (χ4n) is 2.93. The number of hydrogen-bond donors (Lipinski definition) is 0. The van der Waals surface area contributed by atoms with Crippen molar-refractivity contribution in [1.29, 1.82) is 0 Å². The summed E-state index contributed by atoms with van der Waals surface area (Å²) in [6.07, 6.45) is 3.63. The summed E-state index contributed by atoms with van der Waals surface area (Å²) in [6, 6.07) is 21.6. The van der Waals surface area contributed by atoms with Gasteiger partial charge in [0.05, 0.1) is 0 Å². The van der Waals surface area contributed by atoms with Gasteiger partial charge in [-0.15, -0.1) is 0 Å². The topological polar surface area (TPSA) is 0 Å². The maximum Gasteiger partial charge on any atom is 0.0181 e. The van der Waals surface area contributed by atoms with Crippen LogP contribution >= 0.6 is 18.5 Å². The molecule has 0 aliphatic carbocycles. The average molecular weight is 289 g/mol. The molecule has 1 aliphatic rings. The van der Waals surface area contributed by atoms with E-state index in [1.54, 1.807) is 0 Å². The van der Waals surface area contributed by atoms with E-state index in [4.69, 9.17) is 11.2 Å². The number of rotatable bonds is 2. The van der Waals surface area contributed by atoms with E-state index < -0.39 is 7.27 Å². The second kappa shape index (κ2) is 6.07. The molecule has 2 heteroatoms. The minimum Gasteiger partial charge on any atom is -0.0958 e. The Morgan fingerprint density at radius 1 is 0.789 bits per heavy atom. The number of benzene rings is 2. The van der Waals surface area contributed by atoms with E-state index in [9.17, 15) is 0 Å². The van der Waals surface area contributed by atoms with Gasteiger partial charge in [-0.25, -0.2) is 0 Å². The second-order valence-electron chi connectivity index (χ2n) is 5.19. The van der Waals surface area contributed by atoms with Gasteiger partial charge >= 0.3 is 0 Å². The molecule has 3 atom stereocenters. The predicted molar refractivity (Wildman–Crippen MR) is 85.2 cm³/mol. The van der Waals surface area contributed by atoms with Crippen LogP contribution in [0.15, 0.2) is 60.7 Å². The van der Waals surface area contributed by atoms with Crippen LogP contribution < -0.4 is 0 Å². The lowest BCUT2D eigenvalue weighted by Crippen LogP contribution is -2.12. The molecule has 19 heavy (non-hydrogen) atoms. The van der Waals surface area contributed by atoms with Crippen molar-refractivity contribution >= 4 is 18.5 Å². The van der Waals surface area contributed by atoms with Crippen LogP contribution in [0.4, 0.5) is 0 Å². The minimum atomic E-state index is -0.422. The van der Waals surface area contributed by atoms with Gasteiger partial charge < -0.3 is 0 Å². The van der Waals surface area contributed by atoms with Gasteiger partial charge in [-0.3, -0.25) is 0 Å². The zero-order valence-electron chi connectivity index (χ0n) is 10.9. The summed E-state index contributed by atoms with van der Waals surface area (Å²) in [7, 11) is -0.422. The summed E-state index contributed by atoms with van der Waals surface area (Å²) in [6.45, 7) is 0. The molecule has 1 fully saturated rings. The minimum absolute atomic E-state index is 0.422. The van der Waals surface area contributed by atoms with Gasteiger partial charge in [0.25, 0.3) is 0 Å². The molecule has 0 nitrogen and oxygen atoms in total. The third-order valence-corrected chi connectivity index (χ3v) is 7.12. The lowest BCUT2D eigenvalue weighted by molar-refractivity contribution is 0.602. The quantitative estimate of drug-likeness (QED) is 0.600. The Morgan fingerprint density at radius 2 is 1.37 bits per heavy atom. The highest BCUT2D eigenvalue weighted by Gasteiger charge is 2.30. The fourth-order valence-corrected chi connectivity index (χ4v) is 6.05. The molecule has 2 aromatic carbocycles. The molecule has 1 heterocycles. The van der Waals surface area contributed by atoms with E-state index in [0.717, 1.165) is 6.16 Å². The van der Waals surface area contributed by atoms with Crippen molar-refractivity contribution in [1.82, 2.24) is 0 Å². The van der Waals surface area contributed by atoms with Crippen LogP contribution in [0.3, 0.4) is 0 Å². The van der Waals surface area contributed by atoms with E-state index in [1.165, 1.54) is 24.0 Å². The van der Waals surface area contributed by atoms with Crippen molar-refractivity contribution in [2.75, 3.05) is 6.16 Å². The first-order valence-electron chi connectivity index (χ1n) is 6.87. The highest BCUT2D eigenvalue weighted by Crippen LogP contribution is 2.63. The zero-order valence-corrected chi connectivity index (χ0v) is 12.5. The zero-order chi connectivity index (χ0) is 13.1. The normalized spacial score (nSPS) is 27.1. The fraction of sp³-hybridized carbons (Fsp3) is 0.294. The summed E-state index contributed by atoms with van der Waals surface area (Å²) < 4.78 is 0. The van der Waals surface area contributed by atoms with Crippen LogP contribution in [0.5, 0.6) is 0 Å². The first-order valence-corrected chi connectivity index (χ1v) is 9.37. The SMILES string of the molecule is ClP1C[C@H](c2ccccc2)CC[C@H]1c1ccccc1. The van der Waals surface area contributed by atoms with E-state index in [2.05, 4.69) is 60.7 Å². The molecule has 0 amide bonds. The lowest BCUT2D eigenvalue weighted by Gasteiger charge is -2.33. The van der Waals surface area contributed by atoms with Crippen LogP contribution in [-0.4, -0.2) is 6.16 Å². The molecule has 0 bridgehead atoms. The monoisotopic (exact) mass is 288 g/mol. The Hall–Kier alpha value is -0.840. The first-order chi connectivity index (χ1) is 9.34. The number of halogens is 1. The molecule has 0 N–H and O–H groups in total. The molecule has 0 spiro atoms. The highest BCUT2D eigenvalue weighted by atomic mass is 35.7. The summed E-state index contributed by atoms with van der Waals surface area (Å²) in [4.78, 5) is 0. The summed E-state index contributed by atoms with van der Waals surface area (Å²) in [5, 5.41) is 0. The van der Waals surface area contributed by atoms with Crippen LogP contribution in [0.25, 0.3) is 0 Å². The standard InChI is InChI=1S/C17H18ClP/c18-19-13-16(14-7-3-1-4-8-14)11-12-17(19)15-9-5-2-6-10-15/h1-10,16-17H,11-13H2/t16-,17+,19?/m1/s1. The Balaban J connectivity index is 1.73. The van der Waals surface area contributed by atoms with Gasteiger partial charge in [0.1, 0.15) is 0 Å². The van der Waals surface area contributed by atoms with Gasteiger partial charge in [-0.1, -0.05) is 71.9 Å². The molecule has 1 saturated heterocycles. The first kappa shape index (κ1) is 13.2. The summed E-state index contributed by atoms with van der Waals surface area (Å²) in [5.74, 6) is 0.657. The summed E-state index contributed by atoms with van der Waals surface area (Å²) >= 11 is 6.73. The largest absolute Gasteiger partial charge is 0.0958 e. The molecule has 2 aromatic rings. The second-order valence-corrected chi connectivity index (χ2v) is 8.28. The molecule has 0 aromatic heterocycles. The molecular formula is C17H18ClP. The van der Waals surface area contributed by atoms with Crippen LogP contribution in [0, 0.1) is 0 Å². The predicted octanol–water partition coefficient (Wildman–Crippen LogP) is 5.94. The Bertz CT molecular complexity index is 511. The van der Waals surface area contributed by atoms with Crippen molar-refractivity contribution in [2.45, 2.75) is 24.4 Å². The smallest absolute Gasteiger partial charge is 0.0181 e. The van der Waals surface area contributed by atoms with E-state index in [-0.39, 0.29) is 0 Å². The van der Waals surface area contributed by atoms with Crippen LogP contribution in [0.2, 0.25) is 0 Å². The molecule has 1 aliphatic heterocycles. The molecule has 3 rings (SSSR count). The van der Waals surface area contributed by atoms with Crippen molar-refractivity contribution in [3.8, 4) is 0 Å². The van der Waals surface area contributed by atoms with E-state index >= 15 is 0 Å². The highest BCUT2D eigenvalue weighted by molar-refractivity contribution is 7.84. The van der Waals surface area contributed by atoms with Gasteiger partial charge in [-0.2, -0.15) is 0 Å². The van der Waals surface area contributed by atoms with Crippen molar-refractivity contribution in [3.05, 3.63) is 71.8 Å². The van der Waals surface area contributed by atoms with Crippen molar-refractivity contribution < 1.29 is 0 Å². The maximum atomic E-state index is 6.73.